The van der Waals surface area contributed by atoms with Gasteiger partial charge in [-0.3, -0.25) is 18.9 Å². The summed E-state index contributed by atoms with van der Waals surface area (Å²) in [4.78, 5) is 40.7. The minimum atomic E-state index is -4.97. The maximum absolute atomic E-state index is 13.6. The van der Waals surface area contributed by atoms with Gasteiger partial charge in [-0.15, -0.1) is 11.6 Å². The molecule has 24 heavy (non-hydrogen) atoms. The predicted molar refractivity (Wildman–Crippen MR) is 78.4 cm³/mol. The topological polar surface area (TPSA) is 151 Å². The lowest BCUT2D eigenvalue weighted by atomic mass is 9.91. The first-order chi connectivity index (χ1) is 10.9. The van der Waals surface area contributed by atoms with Gasteiger partial charge in [0, 0.05) is 12.3 Å². The van der Waals surface area contributed by atoms with Crippen LogP contribution in [0.1, 0.15) is 13.2 Å². The van der Waals surface area contributed by atoms with Gasteiger partial charge in [0.05, 0.1) is 6.61 Å². The lowest BCUT2D eigenvalue weighted by molar-refractivity contribution is -0.136. The largest absolute Gasteiger partial charge is 0.469 e. The molecule has 136 valence electrons. The van der Waals surface area contributed by atoms with E-state index in [2.05, 4.69) is 4.52 Å². The van der Waals surface area contributed by atoms with Gasteiger partial charge in [-0.05, 0) is 6.92 Å². The van der Waals surface area contributed by atoms with Gasteiger partial charge in [0.1, 0.15) is 17.7 Å². The average molecular weight is 389 g/mol. The van der Waals surface area contributed by atoms with Crippen molar-refractivity contribution < 1.29 is 33.1 Å². The molecule has 1 aliphatic heterocycles. The number of rotatable bonds is 5. The molecule has 0 aliphatic carbocycles. The molecule has 0 spiro atoms. The number of nitrogens with zero attached hydrogens (tertiary/aromatic N) is 1. The van der Waals surface area contributed by atoms with Crippen molar-refractivity contribution in [3.05, 3.63) is 33.1 Å². The Morgan fingerprint density at radius 2 is 2.17 bits per heavy atom. The van der Waals surface area contributed by atoms with Crippen LogP contribution in [0.2, 0.25) is 0 Å². The van der Waals surface area contributed by atoms with Crippen molar-refractivity contribution in [2.24, 2.45) is 0 Å². The van der Waals surface area contributed by atoms with E-state index in [9.17, 15) is 23.7 Å². The molecule has 0 saturated carbocycles. The SMILES string of the molecule is C[C@@]1(Cl)[C@H](O)[C@@](CF)(COP(=O)(O)O)O[C@H]1n1ccc(=O)[nH]c1=O. The minimum absolute atomic E-state index is 0.687. The van der Waals surface area contributed by atoms with Crippen molar-refractivity contribution in [2.45, 2.75) is 29.7 Å². The van der Waals surface area contributed by atoms with Crippen molar-refractivity contribution in [1.29, 1.82) is 0 Å². The van der Waals surface area contributed by atoms with Crippen molar-refractivity contribution >= 4 is 19.4 Å². The number of phosphoric acid groups is 1. The van der Waals surface area contributed by atoms with E-state index >= 15 is 0 Å². The summed E-state index contributed by atoms with van der Waals surface area (Å²) >= 11 is 6.20. The molecule has 0 unspecified atom stereocenters. The van der Waals surface area contributed by atoms with Gasteiger partial charge in [0.15, 0.2) is 11.8 Å². The number of nitrogens with one attached hydrogen (secondary N) is 1. The third kappa shape index (κ3) is 3.47. The zero-order valence-corrected chi connectivity index (χ0v) is 13.9. The van der Waals surface area contributed by atoms with E-state index in [0.29, 0.717) is 0 Å². The summed E-state index contributed by atoms with van der Waals surface area (Å²) in [5.41, 5.74) is -3.82. The number of aromatic nitrogens is 2. The monoisotopic (exact) mass is 388 g/mol. The fourth-order valence-corrected chi connectivity index (χ4v) is 3.18. The number of hydrogen-bond acceptors (Lipinski definition) is 6. The zero-order chi connectivity index (χ0) is 18.3. The molecule has 4 N–H and O–H groups in total. The molecule has 1 aromatic heterocycles. The molecule has 0 aromatic carbocycles. The van der Waals surface area contributed by atoms with Crippen LogP contribution in [0.3, 0.4) is 0 Å². The molecular weight excluding hydrogens is 374 g/mol. The summed E-state index contributed by atoms with van der Waals surface area (Å²) in [6.07, 6.45) is -2.18. The second-order valence-electron chi connectivity index (χ2n) is 5.50. The van der Waals surface area contributed by atoms with E-state index in [1.54, 1.807) is 0 Å². The van der Waals surface area contributed by atoms with Crippen LogP contribution in [-0.4, -0.2) is 54.3 Å². The third-order valence-electron chi connectivity index (χ3n) is 3.67. The van der Waals surface area contributed by atoms with Gasteiger partial charge in [-0.2, -0.15) is 0 Å². The number of aliphatic hydroxyl groups excluding tert-OH is 1. The number of hydrogen-bond donors (Lipinski definition) is 4. The number of alkyl halides is 2. The summed E-state index contributed by atoms with van der Waals surface area (Å²) in [7, 11) is -4.97. The average Bonchev–Trinajstić information content (AvgIpc) is 2.66. The smallest absolute Gasteiger partial charge is 0.388 e. The number of halogens is 2. The van der Waals surface area contributed by atoms with E-state index in [0.717, 1.165) is 16.8 Å². The summed E-state index contributed by atoms with van der Waals surface area (Å²) in [6.45, 7) is -1.16. The van der Waals surface area contributed by atoms with Crippen LogP contribution in [0.4, 0.5) is 4.39 Å². The van der Waals surface area contributed by atoms with Crippen LogP contribution < -0.4 is 11.2 Å². The highest BCUT2D eigenvalue weighted by Crippen LogP contribution is 2.50. The second-order valence-corrected chi connectivity index (χ2v) is 7.56. The fourth-order valence-electron chi connectivity index (χ4n) is 2.44. The lowest BCUT2D eigenvalue weighted by Crippen LogP contribution is -2.51. The van der Waals surface area contributed by atoms with E-state index < -0.39 is 55.2 Å². The minimum Gasteiger partial charge on any atom is -0.388 e. The Kier molecular flexibility index (Phi) is 5.09. The maximum atomic E-state index is 13.6. The van der Waals surface area contributed by atoms with Crippen LogP contribution in [0.5, 0.6) is 0 Å². The maximum Gasteiger partial charge on any atom is 0.469 e. The molecule has 1 aliphatic rings. The number of ether oxygens (including phenoxy) is 1. The summed E-state index contributed by atoms with van der Waals surface area (Å²) in [6, 6.07) is 0.992. The first-order valence-electron chi connectivity index (χ1n) is 6.55. The third-order valence-corrected chi connectivity index (χ3v) is 4.53. The van der Waals surface area contributed by atoms with Crippen molar-refractivity contribution in [3.8, 4) is 0 Å². The molecule has 1 fully saturated rings. The molecule has 1 saturated heterocycles. The lowest BCUT2D eigenvalue weighted by Gasteiger charge is -2.30. The molecule has 2 heterocycles. The van der Waals surface area contributed by atoms with E-state index in [1.165, 1.54) is 6.92 Å². The summed E-state index contributed by atoms with van der Waals surface area (Å²) in [5, 5.41) is 10.3. The van der Waals surface area contributed by atoms with Crippen LogP contribution in [0, 0.1) is 0 Å². The van der Waals surface area contributed by atoms with Crippen LogP contribution >= 0.6 is 19.4 Å². The summed E-state index contributed by atoms with van der Waals surface area (Å²) < 4.78 is 34.8. The fraction of sp³-hybridized carbons (Fsp3) is 0.636. The molecule has 13 heteroatoms. The van der Waals surface area contributed by atoms with Crippen molar-refractivity contribution in [3.63, 3.8) is 0 Å². The normalized spacial score (nSPS) is 33.8. The highest BCUT2D eigenvalue weighted by molar-refractivity contribution is 7.46. The van der Waals surface area contributed by atoms with Gasteiger partial charge >= 0.3 is 13.5 Å². The predicted octanol–water partition coefficient (Wildman–Crippen LogP) is -0.759. The molecule has 10 nitrogen and oxygen atoms in total. The highest BCUT2D eigenvalue weighted by Gasteiger charge is 2.62. The molecule has 0 bridgehead atoms. The number of aromatic amines is 1. The molecule has 4 atom stereocenters. The quantitative estimate of drug-likeness (QED) is 0.379. The Morgan fingerprint density at radius 3 is 2.67 bits per heavy atom. The number of H-pyrrole nitrogens is 1. The van der Waals surface area contributed by atoms with Gasteiger partial charge < -0.3 is 19.6 Å². The Balaban J connectivity index is 2.43. The molecule has 0 radical (unpaired) electrons. The van der Waals surface area contributed by atoms with Crippen LogP contribution in [0.25, 0.3) is 0 Å². The van der Waals surface area contributed by atoms with E-state index in [-0.39, 0.29) is 0 Å². The Labute approximate surface area is 139 Å². The first kappa shape index (κ1) is 19.3. The van der Waals surface area contributed by atoms with E-state index in [1.807, 2.05) is 4.98 Å². The van der Waals surface area contributed by atoms with Gasteiger partial charge in [-0.1, -0.05) is 0 Å². The van der Waals surface area contributed by atoms with Crippen LogP contribution in [0.15, 0.2) is 21.9 Å². The van der Waals surface area contributed by atoms with E-state index in [4.69, 9.17) is 26.1 Å². The molecule has 0 amide bonds. The Morgan fingerprint density at radius 1 is 1.54 bits per heavy atom. The molecule has 1 aromatic rings. The van der Waals surface area contributed by atoms with Crippen molar-refractivity contribution in [2.75, 3.05) is 13.3 Å². The van der Waals surface area contributed by atoms with Gasteiger partial charge in [-0.25, -0.2) is 13.8 Å². The summed E-state index contributed by atoms with van der Waals surface area (Å²) in [5.74, 6) is 0. The Bertz CT molecular complexity index is 776. The number of aliphatic hydroxyl groups is 1. The van der Waals surface area contributed by atoms with Gasteiger partial charge in [0.2, 0.25) is 0 Å². The highest BCUT2D eigenvalue weighted by atomic mass is 35.5. The van der Waals surface area contributed by atoms with Gasteiger partial charge in [0.25, 0.3) is 5.56 Å². The first-order valence-corrected chi connectivity index (χ1v) is 8.46. The standard InChI is InChI=1S/C11H15ClFN2O8P/c1-10(12)7(17)11(4-13,5-22-24(19,20)21)23-8(10)15-3-2-6(16)14-9(15)18/h2-3,7-8,17H,4-5H2,1H3,(H,14,16,18)(H2,19,20,21)/t7-,8+,10+,11+/m0/s1. The second kappa shape index (κ2) is 6.34. The Hall–Kier alpha value is -1.07. The zero-order valence-electron chi connectivity index (χ0n) is 12.3. The van der Waals surface area contributed by atoms with Crippen LogP contribution in [-0.2, 0) is 13.8 Å². The molecular formula is C11H15ClFN2O8P. The van der Waals surface area contributed by atoms with Crippen molar-refractivity contribution in [1.82, 2.24) is 9.55 Å². The molecule has 2 rings (SSSR count). The number of phosphoric ester groups is 1.